The van der Waals surface area contributed by atoms with E-state index in [1.807, 2.05) is 30.3 Å². The molecule has 0 aliphatic heterocycles. The molecule has 1 amide bonds. The van der Waals surface area contributed by atoms with Gasteiger partial charge in [-0.15, -0.1) is 0 Å². The van der Waals surface area contributed by atoms with Gasteiger partial charge in [0.15, 0.2) is 12.4 Å². The van der Waals surface area contributed by atoms with Gasteiger partial charge in [0.2, 0.25) is 0 Å². The van der Waals surface area contributed by atoms with Crippen molar-refractivity contribution in [1.82, 2.24) is 5.32 Å². The zero-order chi connectivity index (χ0) is 21.4. The standard InChI is InChI=1S/C21H24N2O6/c1-14(2)11-17(15-7-5-4-6-8-15)22-20(24)13-29-21(25)16-9-10-19(28-3)18(12-16)23(26)27/h4-10,12,14,17H,11,13H2,1-3H3,(H,22,24)/t17-/m1/s1. The van der Waals surface area contributed by atoms with Crippen LogP contribution in [0.2, 0.25) is 0 Å². The number of methoxy groups -OCH3 is 1. The van der Waals surface area contributed by atoms with Crippen molar-refractivity contribution in [3.63, 3.8) is 0 Å². The van der Waals surface area contributed by atoms with Gasteiger partial charge in [-0.25, -0.2) is 4.79 Å². The second kappa shape index (κ2) is 10.2. The van der Waals surface area contributed by atoms with Gasteiger partial charge in [-0.2, -0.15) is 0 Å². The summed E-state index contributed by atoms with van der Waals surface area (Å²) < 4.78 is 9.92. The Kier molecular flexibility index (Phi) is 7.70. The summed E-state index contributed by atoms with van der Waals surface area (Å²) in [7, 11) is 1.30. The zero-order valence-electron chi connectivity index (χ0n) is 16.6. The first-order valence-corrected chi connectivity index (χ1v) is 9.15. The number of nitro groups is 1. The molecule has 2 aromatic rings. The van der Waals surface area contributed by atoms with Crippen molar-refractivity contribution in [3.05, 3.63) is 69.8 Å². The smallest absolute Gasteiger partial charge is 0.338 e. The number of amides is 1. The minimum absolute atomic E-state index is 0.0312. The molecule has 0 fully saturated rings. The third kappa shape index (κ3) is 6.31. The van der Waals surface area contributed by atoms with Crippen LogP contribution in [-0.4, -0.2) is 30.5 Å². The lowest BCUT2D eigenvalue weighted by Crippen LogP contribution is -2.33. The van der Waals surface area contributed by atoms with Gasteiger partial charge in [-0.1, -0.05) is 44.2 Å². The number of benzene rings is 2. The van der Waals surface area contributed by atoms with Gasteiger partial charge in [0.05, 0.1) is 23.6 Å². The minimum atomic E-state index is -0.828. The van der Waals surface area contributed by atoms with Crippen LogP contribution in [0.5, 0.6) is 5.75 Å². The number of nitrogens with zero attached hydrogens (tertiary/aromatic N) is 1. The van der Waals surface area contributed by atoms with E-state index in [9.17, 15) is 19.7 Å². The Bertz CT molecular complexity index is 867. The lowest BCUT2D eigenvalue weighted by molar-refractivity contribution is -0.385. The molecule has 0 saturated heterocycles. The van der Waals surface area contributed by atoms with Gasteiger partial charge < -0.3 is 14.8 Å². The molecule has 0 aliphatic rings. The van der Waals surface area contributed by atoms with Crippen LogP contribution in [0, 0.1) is 16.0 Å². The van der Waals surface area contributed by atoms with E-state index < -0.39 is 23.4 Å². The summed E-state index contributed by atoms with van der Waals surface area (Å²) in [5, 5.41) is 13.9. The molecule has 8 heteroatoms. The topological polar surface area (TPSA) is 108 Å². The summed E-state index contributed by atoms with van der Waals surface area (Å²) >= 11 is 0. The number of nitrogens with one attached hydrogen (secondary N) is 1. The van der Waals surface area contributed by atoms with Crippen molar-refractivity contribution in [2.24, 2.45) is 5.92 Å². The van der Waals surface area contributed by atoms with Crippen LogP contribution in [0.4, 0.5) is 5.69 Å². The molecule has 1 atom stereocenters. The van der Waals surface area contributed by atoms with Gasteiger partial charge in [-0.3, -0.25) is 14.9 Å². The third-order valence-electron chi connectivity index (χ3n) is 4.19. The van der Waals surface area contributed by atoms with Crippen molar-refractivity contribution in [2.45, 2.75) is 26.3 Å². The fourth-order valence-electron chi connectivity index (χ4n) is 2.85. The van der Waals surface area contributed by atoms with Crippen LogP contribution >= 0.6 is 0 Å². The Morgan fingerprint density at radius 3 is 2.41 bits per heavy atom. The van der Waals surface area contributed by atoms with Crippen LogP contribution < -0.4 is 10.1 Å². The highest BCUT2D eigenvalue weighted by molar-refractivity contribution is 5.92. The highest BCUT2D eigenvalue weighted by Crippen LogP contribution is 2.27. The molecule has 0 unspecified atom stereocenters. The Hall–Kier alpha value is -3.42. The lowest BCUT2D eigenvalue weighted by atomic mass is 9.97. The molecule has 2 rings (SSSR count). The van der Waals surface area contributed by atoms with Crippen molar-refractivity contribution < 1.29 is 24.0 Å². The Labute approximate surface area is 169 Å². The third-order valence-corrected chi connectivity index (χ3v) is 4.19. The molecule has 2 aromatic carbocycles. The van der Waals surface area contributed by atoms with Crippen molar-refractivity contribution in [2.75, 3.05) is 13.7 Å². The zero-order valence-corrected chi connectivity index (χ0v) is 16.6. The van der Waals surface area contributed by atoms with Crippen molar-refractivity contribution in [3.8, 4) is 5.75 Å². The molecule has 154 valence electrons. The van der Waals surface area contributed by atoms with Gasteiger partial charge >= 0.3 is 11.7 Å². The number of carbonyl (C=O) groups excluding carboxylic acids is 2. The molecule has 0 aromatic heterocycles. The molecular weight excluding hydrogens is 376 g/mol. The lowest BCUT2D eigenvalue weighted by Gasteiger charge is -2.21. The Morgan fingerprint density at radius 2 is 1.83 bits per heavy atom. The SMILES string of the molecule is COc1ccc(C(=O)OCC(=O)N[C@H](CC(C)C)c2ccccc2)cc1[N+](=O)[O-]. The van der Waals surface area contributed by atoms with Crippen LogP contribution in [-0.2, 0) is 9.53 Å². The minimum Gasteiger partial charge on any atom is -0.490 e. The van der Waals surface area contributed by atoms with E-state index in [2.05, 4.69) is 19.2 Å². The number of esters is 1. The first-order valence-electron chi connectivity index (χ1n) is 9.15. The monoisotopic (exact) mass is 400 g/mol. The fraction of sp³-hybridized carbons (Fsp3) is 0.333. The first-order chi connectivity index (χ1) is 13.8. The largest absolute Gasteiger partial charge is 0.490 e. The van der Waals surface area contributed by atoms with E-state index in [-0.39, 0.29) is 23.0 Å². The summed E-state index contributed by atoms with van der Waals surface area (Å²) in [6.07, 6.45) is 0.731. The van der Waals surface area contributed by atoms with Crippen LogP contribution in [0.3, 0.4) is 0 Å². The maximum atomic E-state index is 12.3. The second-order valence-electron chi connectivity index (χ2n) is 6.88. The molecular formula is C21H24N2O6. The van der Waals surface area contributed by atoms with E-state index in [1.54, 1.807) is 0 Å². The van der Waals surface area contributed by atoms with E-state index in [0.717, 1.165) is 18.1 Å². The average Bonchev–Trinajstić information content (AvgIpc) is 2.71. The second-order valence-corrected chi connectivity index (χ2v) is 6.88. The van der Waals surface area contributed by atoms with Crippen LogP contribution in [0.15, 0.2) is 48.5 Å². The fourth-order valence-corrected chi connectivity index (χ4v) is 2.85. The van der Waals surface area contributed by atoms with Crippen molar-refractivity contribution in [1.29, 1.82) is 0 Å². The summed E-state index contributed by atoms with van der Waals surface area (Å²) in [4.78, 5) is 34.9. The van der Waals surface area contributed by atoms with Crippen molar-refractivity contribution >= 4 is 17.6 Å². The number of carbonyl (C=O) groups is 2. The summed E-state index contributed by atoms with van der Waals surface area (Å²) in [5.74, 6) is -0.895. The highest BCUT2D eigenvalue weighted by atomic mass is 16.6. The number of hydrogen-bond donors (Lipinski definition) is 1. The Morgan fingerprint density at radius 1 is 1.14 bits per heavy atom. The maximum absolute atomic E-state index is 12.3. The summed E-state index contributed by atoms with van der Waals surface area (Å²) in [5.41, 5.74) is 0.575. The normalized spacial score (nSPS) is 11.6. The van der Waals surface area contributed by atoms with E-state index >= 15 is 0 Å². The molecule has 29 heavy (non-hydrogen) atoms. The predicted octanol–water partition coefficient (Wildman–Crippen LogP) is 3.66. The Balaban J connectivity index is 2.01. The highest BCUT2D eigenvalue weighted by Gasteiger charge is 2.21. The number of rotatable bonds is 9. The summed E-state index contributed by atoms with van der Waals surface area (Å²) in [6, 6.07) is 13.0. The molecule has 0 heterocycles. The number of hydrogen-bond acceptors (Lipinski definition) is 6. The van der Waals surface area contributed by atoms with E-state index in [0.29, 0.717) is 5.92 Å². The van der Waals surface area contributed by atoms with Gasteiger partial charge in [0.1, 0.15) is 0 Å². The maximum Gasteiger partial charge on any atom is 0.338 e. The van der Waals surface area contributed by atoms with Crippen LogP contribution in [0.25, 0.3) is 0 Å². The number of ether oxygens (including phenoxy) is 2. The molecule has 0 radical (unpaired) electrons. The van der Waals surface area contributed by atoms with Crippen LogP contribution in [0.1, 0.15) is 42.2 Å². The van der Waals surface area contributed by atoms with Gasteiger partial charge in [0, 0.05) is 6.07 Å². The molecule has 0 saturated carbocycles. The summed E-state index contributed by atoms with van der Waals surface area (Å²) in [6.45, 7) is 3.62. The molecule has 0 aliphatic carbocycles. The molecule has 8 nitrogen and oxygen atoms in total. The molecule has 0 spiro atoms. The average molecular weight is 400 g/mol. The molecule has 1 N–H and O–H groups in total. The van der Waals surface area contributed by atoms with E-state index in [4.69, 9.17) is 9.47 Å². The molecule has 0 bridgehead atoms. The first kappa shape index (κ1) is 21.9. The number of nitro benzene ring substituents is 1. The van der Waals surface area contributed by atoms with E-state index in [1.165, 1.54) is 19.2 Å². The quantitative estimate of drug-likeness (QED) is 0.391. The predicted molar refractivity (Wildman–Crippen MR) is 107 cm³/mol. The van der Waals surface area contributed by atoms with Gasteiger partial charge in [0.25, 0.3) is 5.91 Å². The van der Waals surface area contributed by atoms with Gasteiger partial charge in [-0.05, 0) is 30.0 Å².